The number of nitrogen functional groups attached to an aromatic ring is 1. The maximum atomic E-state index is 11.8. The molecule has 0 aliphatic rings. The van der Waals surface area contributed by atoms with E-state index >= 15 is 0 Å². The van der Waals surface area contributed by atoms with E-state index in [2.05, 4.69) is 20.8 Å². The van der Waals surface area contributed by atoms with Crippen molar-refractivity contribution in [1.82, 2.24) is 20.8 Å². The Hall–Kier alpha value is -2.05. The van der Waals surface area contributed by atoms with Crippen molar-refractivity contribution in [3.05, 3.63) is 11.8 Å². The zero-order chi connectivity index (χ0) is 13.9. The average Bonchev–Trinajstić information content (AvgIpc) is 2.62. The van der Waals surface area contributed by atoms with Gasteiger partial charge < -0.3 is 16.4 Å². The summed E-state index contributed by atoms with van der Waals surface area (Å²) in [4.78, 5) is 23.5. The minimum absolute atomic E-state index is 0.225. The summed E-state index contributed by atoms with van der Waals surface area (Å²) in [6, 6.07) is 0.769. The van der Waals surface area contributed by atoms with E-state index in [1.165, 1.54) is 6.07 Å². The number of hydrogen-bond acceptors (Lipinski definition) is 4. The third kappa shape index (κ3) is 4.08. The van der Waals surface area contributed by atoms with Gasteiger partial charge in [-0.2, -0.15) is 5.10 Å². The van der Waals surface area contributed by atoms with Gasteiger partial charge in [-0.3, -0.25) is 14.7 Å². The van der Waals surface area contributed by atoms with E-state index in [9.17, 15) is 9.59 Å². The highest BCUT2D eigenvalue weighted by atomic mass is 16.2. The van der Waals surface area contributed by atoms with Crippen LogP contribution in [0.3, 0.4) is 0 Å². The summed E-state index contributed by atoms with van der Waals surface area (Å²) < 4.78 is 0. The van der Waals surface area contributed by atoms with Gasteiger partial charge in [0.15, 0.2) is 0 Å². The molecule has 0 fully saturated rings. The van der Waals surface area contributed by atoms with Crippen LogP contribution in [0.2, 0.25) is 0 Å². The molecule has 0 aliphatic carbocycles. The number of nitrogens with zero attached hydrogens (tertiary/aromatic N) is 1. The summed E-state index contributed by atoms with van der Waals surface area (Å²) in [5.74, 6) is -0.439. The third-order valence-electron chi connectivity index (χ3n) is 2.08. The molecule has 0 saturated heterocycles. The van der Waals surface area contributed by atoms with Gasteiger partial charge in [0, 0.05) is 11.6 Å². The lowest BCUT2D eigenvalue weighted by Crippen LogP contribution is -2.50. The Balaban J connectivity index is 2.57. The molecule has 0 aliphatic heterocycles. The van der Waals surface area contributed by atoms with Gasteiger partial charge >= 0.3 is 0 Å². The lowest BCUT2D eigenvalue weighted by atomic mass is 10.1. The standard InChI is InChI=1S/C11H19N5O2/c1-6(9(17)14-11(2,3)4)13-10(18)7-5-8(12)16-15-7/h5-6H,1-4H3,(H,13,18)(H,14,17)(H3,12,15,16). The number of aromatic nitrogens is 2. The number of amides is 2. The summed E-state index contributed by atoms with van der Waals surface area (Å²) in [6.45, 7) is 7.22. The SMILES string of the molecule is CC(NC(=O)c1cc(N)n[nH]1)C(=O)NC(C)(C)C. The second kappa shape index (κ2) is 5.07. The van der Waals surface area contributed by atoms with Gasteiger partial charge in [0.1, 0.15) is 17.6 Å². The van der Waals surface area contributed by atoms with Crippen molar-refractivity contribution in [2.24, 2.45) is 0 Å². The van der Waals surface area contributed by atoms with Gasteiger partial charge in [-0.1, -0.05) is 0 Å². The highest BCUT2D eigenvalue weighted by Gasteiger charge is 2.21. The summed E-state index contributed by atoms with van der Waals surface area (Å²) in [7, 11) is 0. The molecule has 1 atom stereocenters. The van der Waals surface area contributed by atoms with Crippen LogP contribution in [0.25, 0.3) is 0 Å². The number of H-pyrrole nitrogens is 1. The second-order valence-electron chi connectivity index (χ2n) is 5.14. The number of anilines is 1. The molecule has 0 aromatic carbocycles. The van der Waals surface area contributed by atoms with E-state index in [1.54, 1.807) is 6.92 Å². The highest BCUT2D eigenvalue weighted by molar-refractivity contribution is 5.96. The lowest BCUT2D eigenvalue weighted by molar-refractivity contribution is -0.124. The van der Waals surface area contributed by atoms with Gasteiger partial charge in [0.25, 0.3) is 5.91 Å². The number of carbonyl (C=O) groups is 2. The first-order valence-corrected chi connectivity index (χ1v) is 5.63. The van der Waals surface area contributed by atoms with Crippen LogP contribution in [0.15, 0.2) is 6.07 Å². The molecule has 1 aromatic heterocycles. The number of rotatable bonds is 3. The predicted octanol–water partition coefficient (Wildman–Crippen LogP) is 0.0249. The predicted molar refractivity (Wildman–Crippen MR) is 67.8 cm³/mol. The van der Waals surface area contributed by atoms with Crippen LogP contribution in [0.5, 0.6) is 0 Å². The molecule has 5 N–H and O–H groups in total. The molecule has 18 heavy (non-hydrogen) atoms. The zero-order valence-electron chi connectivity index (χ0n) is 11.0. The molecule has 1 heterocycles. The average molecular weight is 253 g/mol. The highest BCUT2D eigenvalue weighted by Crippen LogP contribution is 2.02. The molecule has 0 bridgehead atoms. The minimum atomic E-state index is -0.638. The Morgan fingerprint density at radius 2 is 2.06 bits per heavy atom. The molecule has 1 aromatic rings. The number of carbonyl (C=O) groups excluding carboxylic acids is 2. The topological polar surface area (TPSA) is 113 Å². The van der Waals surface area contributed by atoms with Crippen molar-refractivity contribution < 1.29 is 9.59 Å². The summed E-state index contributed by atoms with van der Waals surface area (Å²) in [6.07, 6.45) is 0. The monoisotopic (exact) mass is 253 g/mol. The zero-order valence-corrected chi connectivity index (χ0v) is 11.0. The molecule has 7 heteroatoms. The van der Waals surface area contributed by atoms with Crippen LogP contribution in [-0.2, 0) is 4.79 Å². The quantitative estimate of drug-likeness (QED) is 0.608. The molecule has 100 valence electrons. The molecule has 7 nitrogen and oxygen atoms in total. The normalized spacial score (nSPS) is 12.9. The van der Waals surface area contributed by atoms with Crippen LogP contribution in [0.4, 0.5) is 5.82 Å². The fourth-order valence-electron chi connectivity index (χ4n) is 1.27. The summed E-state index contributed by atoms with van der Waals surface area (Å²) in [5, 5.41) is 11.5. The van der Waals surface area contributed by atoms with Gasteiger partial charge in [-0.25, -0.2) is 0 Å². The smallest absolute Gasteiger partial charge is 0.270 e. The number of aromatic amines is 1. The first-order chi connectivity index (χ1) is 8.19. The van der Waals surface area contributed by atoms with Gasteiger partial charge in [-0.05, 0) is 27.7 Å². The van der Waals surface area contributed by atoms with Gasteiger partial charge in [0.2, 0.25) is 5.91 Å². The van der Waals surface area contributed by atoms with Crippen LogP contribution < -0.4 is 16.4 Å². The minimum Gasteiger partial charge on any atom is -0.382 e. The number of nitrogens with two attached hydrogens (primary N) is 1. The Kier molecular flexibility index (Phi) is 3.95. The Morgan fingerprint density at radius 3 is 2.50 bits per heavy atom. The molecule has 1 unspecified atom stereocenters. The van der Waals surface area contributed by atoms with E-state index in [4.69, 9.17) is 5.73 Å². The van der Waals surface area contributed by atoms with Crippen molar-refractivity contribution in [2.45, 2.75) is 39.3 Å². The van der Waals surface area contributed by atoms with Gasteiger partial charge in [0.05, 0.1) is 0 Å². The van der Waals surface area contributed by atoms with Crippen LogP contribution in [0.1, 0.15) is 38.2 Å². The fourth-order valence-corrected chi connectivity index (χ4v) is 1.27. The summed E-state index contributed by atoms with van der Waals surface area (Å²) in [5.41, 5.74) is 5.27. The molecule has 0 spiro atoms. The Bertz CT molecular complexity index is 447. The fraction of sp³-hybridized carbons (Fsp3) is 0.545. The number of nitrogens with one attached hydrogen (secondary N) is 3. The number of hydrogen-bond donors (Lipinski definition) is 4. The first kappa shape index (κ1) is 14.0. The van der Waals surface area contributed by atoms with E-state index < -0.39 is 11.9 Å². The molecule has 1 rings (SSSR count). The maximum absolute atomic E-state index is 11.8. The van der Waals surface area contributed by atoms with E-state index in [0.29, 0.717) is 0 Å². The molecule has 0 radical (unpaired) electrons. The third-order valence-corrected chi connectivity index (χ3v) is 2.08. The first-order valence-electron chi connectivity index (χ1n) is 5.63. The van der Waals surface area contributed by atoms with Gasteiger partial charge in [-0.15, -0.1) is 0 Å². The van der Waals surface area contributed by atoms with Crippen molar-refractivity contribution in [3.63, 3.8) is 0 Å². The van der Waals surface area contributed by atoms with E-state index in [-0.39, 0.29) is 23.0 Å². The van der Waals surface area contributed by atoms with Crippen LogP contribution in [-0.4, -0.2) is 33.6 Å². The maximum Gasteiger partial charge on any atom is 0.270 e. The van der Waals surface area contributed by atoms with Crippen molar-refractivity contribution in [3.8, 4) is 0 Å². The van der Waals surface area contributed by atoms with Crippen LogP contribution in [0, 0.1) is 0 Å². The Labute approximate surface area is 106 Å². The lowest BCUT2D eigenvalue weighted by Gasteiger charge is -2.23. The molecular formula is C11H19N5O2. The van der Waals surface area contributed by atoms with Crippen LogP contribution >= 0.6 is 0 Å². The second-order valence-corrected chi connectivity index (χ2v) is 5.14. The van der Waals surface area contributed by atoms with Crippen molar-refractivity contribution >= 4 is 17.6 Å². The van der Waals surface area contributed by atoms with Crippen molar-refractivity contribution in [2.75, 3.05) is 5.73 Å². The largest absolute Gasteiger partial charge is 0.382 e. The van der Waals surface area contributed by atoms with E-state index in [0.717, 1.165) is 0 Å². The van der Waals surface area contributed by atoms with E-state index in [1.807, 2.05) is 20.8 Å². The molecule has 0 saturated carbocycles. The molecular weight excluding hydrogens is 234 g/mol. The summed E-state index contributed by atoms with van der Waals surface area (Å²) >= 11 is 0. The Morgan fingerprint density at radius 1 is 1.44 bits per heavy atom. The molecule has 2 amide bonds. The van der Waals surface area contributed by atoms with Crippen molar-refractivity contribution in [1.29, 1.82) is 0 Å².